The fourth-order valence-electron chi connectivity index (χ4n) is 2.89. The molecule has 0 heterocycles. The fraction of sp³-hybridized carbons (Fsp3) is 0.533. The fourth-order valence-corrected chi connectivity index (χ4v) is 2.89. The number of rotatable bonds is 3. The highest BCUT2D eigenvalue weighted by Gasteiger charge is 2.25. The zero-order chi connectivity index (χ0) is 13.8. The Balaban J connectivity index is 2.25. The Morgan fingerprint density at radius 2 is 2.05 bits per heavy atom. The van der Waals surface area contributed by atoms with Gasteiger partial charge >= 0.3 is 0 Å². The van der Waals surface area contributed by atoms with Crippen LogP contribution >= 0.6 is 0 Å². The van der Waals surface area contributed by atoms with E-state index < -0.39 is 0 Å². The van der Waals surface area contributed by atoms with E-state index in [4.69, 9.17) is 11.0 Å². The first-order valence-electron chi connectivity index (χ1n) is 6.87. The van der Waals surface area contributed by atoms with E-state index in [9.17, 15) is 4.39 Å². The van der Waals surface area contributed by atoms with E-state index in [-0.39, 0.29) is 5.82 Å². The monoisotopic (exact) mass is 261 g/mol. The number of nitriles is 1. The summed E-state index contributed by atoms with van der Waals surface area (Å²) in [5.74, 6) is -0.359. The van der Waals surface area contributed by atoms with Gasteiger partial charge in [0.05, 0.1) is 11.3 Å². The molecule has 1 aromatic rings. The highest BCUT2D eigenvalue weighted by atomic mass is 19.1. The van der Waals surface area contributed by atoms with Crippen LogP contribution in [0.3, 0.4) is 0 Å². The van der Waals surface area contributed by atoms with Gasteiger partial charge in [0.1, 0.15) is 11.9 Å². The van der Waals surface area contributed by atoms with Gasteiger partial charge < -0.3 is 10.6 Å². The number of hydrogen-bond acceptors (Lipinski definition) is 3. The molecule has 102 valence electrons. The lowest BCUT2D eigenvalue weighted by Crippen LogP contribution is -2.41. The molecule has 0 bridgehead atoms. The molecule has 0 radical (unpaired) electrons. The van der Waals surface area contributed by atoms with Crippen LogP contribution in [0.1, 0.15) is 38.2 Å². The molecule has 19 heavy (non-hydrogen) atoms. The SMILES string of the molecule is CCN(c1ccc(F)cc1C#N)C1CCC(N)CC1. The molecule has 1 saturated carbocycles. The molecule has 4 heteroatoms. The van der Waals surface area contributed by atoms with Gasteiger partial charge in [-0.15, -0.1) is 0 Å². The highest BCUT2D eigenvalue weighted by Crippen LogP contribution is 2.29. The Hall–Kier alpha value is -1.60. The molecule has 0 unspecified atom stereocenters. The van der Waals surface area contributed by atoms with Crippen molar-refractivity contribution in [2.24, 2.45) is 5.73 Å². The number of hydrogen-bond donors (Lipinski definition) is 1. The normalized spacial score (nSPS) is 22.8. The van der Waals surface area contributed by atoms with Gasteiger partial charge in [0.15, 0.2) is 0 Å². The lowest BCUT2D eigenvalue weighted by atomic mass is 9.90. The summed E-state index contributed by atoms with van der Waals surface area (Å²) in [6, 6.07) is 7.25. The number of halogens is 1. The molecule has 3 nitrogen and oxygen atoms in total. The lowest BCUT2D eigenvalue weighted by Gasteiger charge is -2.37. The second-order valence-corrected chi connectivity index (χ2v) is 5.13. The van der Waals surface area contributed by atoms with Crippen molar-refractivity contribution in [3.63, 3.8) is 0 Å². The summed E-state index contributed by atoms with van der Waals surface area (Å²) in [4.78, 5) is 2.21. The summed E-state index contributed by atoms with van der Waals surface area (Å²) < 4.78 is 13.2. The highest BCUT2D eigenvalue weighted by molar-refractivity contribution is 5.60. The summed E-state index contributed by atoms with van der Waals surface area (Å²) in [5, 5.41) is 9.16. The standard InChI is InChI=1S/C15H20FN3/c1-2-19(14-6-4-13(18)5-7-14)15-8-3-12(16)9-11(15)10-17/h3,8-9,13-14H,2,4-7,18H2,1H3. The molecule has 2 rings (SSSR count). The van der Waals surface area contributed by atoms with E-state index in [0.717, 1.165) is 37.9 Å². The number of anilines is 1. The molecule has 2 N–H and O–H groups in total. The first-order valence-corrected chi connectivity index (χ1v) is 6.87. The molecule has 0 aliphatic heterocycles. The maximum Gasteiger partial charge on any atom is 0.124 e. The van der Waals surface area contributed by atoms with Crippen LogP contribution in [-0.4, -0.2) is 18.6 Å². The average molecular weight is 261 g/mol. The first-order chi connectivity index (χ1) is 9.15. The van der Waals surface area contributed by atoms with Crippen LogP contribution in [0.15, 0.2) is 18.2 Å². The van der Waals surface area contributed by atoms with E-state index in [2.05, 4.69) is 17.9 Å². The van der Waals surface area contributed by atoms with Gasteiger partial charge in [0.2, 0.25) is 0 Å². The molecule has 0 saturated heterocycles. The van der Waals surface area contributed by atoms with Crippen molar-refractivity contribution >= 4 is 5.69 Å². The van der Waals surface area contributed by atoms with Gasteiger partial charge in [-0.1, -0.05) is 0 Å². The first kappa shape index (κ1) is 13.8. The minimum atomic E-state index is -0.359. The van der Waals surface area contributed by atoms with E-state index >= 15 is 0 Å². The summed E-state index contributed by atoms with van der Waals surface area (Å²) in [6.45, 7) is 2.89. The van der Waals surface area contributed by atoms with Crippen molar-refractivity contribution in [3.05, 3.63) is 29.6 Å². The molecule has 1 fully saturated rings. The second kappa shape index (κ2) is 6.03. The van der Waals surface area contributed by atoms with Gasteiger partial charge in [-0.2, -0.15) is 5.26 Å². The maximum absolute atomic E-state index is 13.2. The van der Waals surface area contributed by atoms with Crippen LogP contribution in [-0.2, 0) is 0 Å². The Bertz CT molecular complexity index is 473. The third kappa shape index (κ3) is 3.05. The molecular weight excluding hydrogens is 241 g/mol. The van der Waals surface area contributed by atoms with Gasteiger partial charge in [0, 0.05) is 18.6 Å². The molecule has 0 aromatic heterocycles. The molecule has 0 spiro atoms. The molecule has 1 aliphatic rings. The number of benzene rings is 1. The largest absolute Gasteiger partial charge is 0.368 e. The maximum atomic E-state index is 13.2. The predicted octanol–water partition coefficient (Wildman–Crippen LogP) is 2.79. The summed E-state index contributed by atoms with van der Waals surface area (Å²) in [7, 11) is 0. The minimum absolute atomic E-state index is 0.304. The molecule has 1 aromatic carbocycles. The molecule has 1 aliphatic carbocycles. The summed E-state index contributed by atoms with van der Waals surface area (Å²) in [6.07, 6.45) is 4.11. The van der Waals surface area contributed by atoms with Crippen molar-refractivity contribution in [2.75, 3.05) is 11.4 Å². The van der Waals surface area contributed by atoms with Crippen LogP contribution < -0.4 is 10.6 Å². The predicted molar refractivity (Wildman–Crippen MR) is 74.4 cm³/mol. The van der Waals surface area contributed by atoms with Crippen LogP contribution in [0.25, 0.3) is 0 Å². The molecule has 0 atom stereocenters. The molecular formula is C15H20FN3. The van der Waals surface area contributed by atoms with Crippen molar-refractivity contribution < 1.29 is 4.39 Å². The summed E-state index contributed by atoms with van der Waals surface area (Å²) >= 11 is 0. The molecule has 0 amide bonds. The van der Waals surface area contributed by atoms with Gasteiger partial charge in [0.25, 0.3) is 0 Å². The van der Waals surface area contributed by atoms with Crippen LogP contribution in [0.2, 0.25) is 0 Å². The van der Waals surface area contributed by atoms with Gasteiger partial charge in [-0.05, 0) is 50.8 Å². The third-order valence-corrected chi connectivity index (χ3v) is 3.91. The third-order valence-electron chi connectivity index (χ3n) is 3.91. The number of nitrogens with two attached hydrogens (primary N) is 1. The number of nitrogens with zero attached hydrogens (tertiary/aromatic N) is 2. The quantitative estimate of drug-likeness (QED) is 0.910. The van der Waals surface area contributed by atoms with Crippen molar-refractivity contribution in [2.45, 2.75) is 44.7 Å². The van der Waals surface area contributed by atoms with Crippen LogP contribution in [0.5, 0.6) is 0 Å². The smallest absolute Gasteiger partial charge is 0.124 e. The van der Waals surface area contributed by atoms with Crippen molar-refractivity contribution in [1.82, 2.24) is 0 Å². The average Bonchev–Trinajstić information content (AvgIpc) is 2.43. The zero-order valence-electron chi connectivity index (χ0n) is 11.3. The van der Waals surface area contributed by atoms with E-state index in [1.165, 1.54) is 12.1 Å². The van der Waals surface area contributed by atoms with Crippen molar-refractivity contribution in [1.29, 1.82) is 5.26 Å². The lowest BCUT2D eigenvalue weighted by molar-refractivity contribution is 0.378. The Morgan fingerprint density at radius 3 is 2.63 bits per heavy atom. The topological polar surface area (TPSA) is 53.0 Å². The Morgan fingerprint density at radius 1 is 1.37 bits per heavy atom. The van der Waals surface area contributed by atoms with E-state index in [1.807, 2.05) is 0 Å². The van der Waals surface area contributed by atoms with Gasteiger partial charge in [-0.3, -0.25) is 0 Å². The second-order valence-electron chi connectivity index (χ2n) is 5.13. The van der Waals surface area contributed by atoms with Gasteiger partial charge in [-0.25, -0.2) is 4.39 Å². The minimum Gasteiger partial charge on any atom is -0.368 e. The van der Waals surface area contributed by atoms with Crippen molar-refractivity contribution in [3.8, 4) is 6.07 Å². The Kier molecular flexibility index (Phi) is 4.39. The van der Waals surface area contributed by atoms with Crippen LogP contribution in [0, 0.1) is 17.1 Å². The Labute approximate surface area is 113 Å². The van der Waals surface area contributed by atoms with E-state index in [0.29, 0.717) is 17.6 Å². The zero-order valence-corrected chi connectivity index (χ0v) is 11.3. The summed E-state index contributed by atoms with van der Waals surface area (Å²) in [5.41, 5.74) is 7.19. The van der Waals surface area contributed by atoms with E-state index in [1.54, 1.807) is 6.07 Å². The van der Waals surface area contributed by atoms with Crippen LogP contribution in [0.4, 0.5) is 10.1 Å².